The van der Waals surface area contributed by atoms with Crippen molar-refractivity contribution >= 4 is 23.2 Å². The predicted molar refractivity (Wildman–Crippen MR) is 152 cm³/mol. The van der Waals surface area contributed by atoms with Gasteiger partial charge in [-0.15, -0.1) is 11.3 Å². The number of aliphatic hydroxyl groups is 2. The molecule has 6 nitrogen and oxygen atoms in total. The Balaban J connectivity index is 1.99. The highest BCUT2D eigenvalue weighted by Gasteiger charge is 2.36. The van der Waals surface area contributed by atoms with Gasteiger partial charge in [0, 0.05) is 18.0 Å². The summed E-state index contributed by atoms with van der Waals surface area (Å²) in [4.78, 5) is 28.2. The van der Waals surface area contributed by atoms with Crippen molar-refractivity contribution in [2.24, 2.45) is 0 Å². The molecule has 2 rings (SSSR count). The number of halogens is 1. The Morgan fingerprint density at radius 2 is 1.87 bits per heavy atom. The Kier molecular flexibility index (Phi) is 13.1. The molecule has 206 valence electrons. The van der Waals surface area contributed by atoms with Crippen molar-refractivity contribution in [1.82, 2.24) is 10.2 Å². The van der Waals surface area contributed by atoms with E-state index in [1.165, 1.54) is 22.1 Å². The Morgan fingerprint density at radius 3 is 2.47 bits per heavy atom. The largest absolute Gasteiger partial charge is 0.380 e. The van der Waals surface area contributed by atoms with Crippen LogP contribution in [0, 0.1) is 0 Å². The monoisotopic (exact) mass is 542 g/mol. The van der Waals surface area contributed by atoms with E-state index < -0.39 is 35.9 Å². The topological polar surface area (TPSA) is 89.9 Å². The molecular formula is C30H39FN2O4S. The lowest BCUT2D eigenvalue weighted by atomic mass is 9.99. The number of amides is 2. The summed E-state index contributed by atoms with van der Waals surface area (Å²) in [6.07, 6.45) is 3.18. The van der Waals surface area contributed by atoms with Gasteiger partial charge in [-0.1, -0.05) is 62.9 Å². The van der Waals surface area contributed by atoms with Crippen LogP contribution in [0.5, 0.6) is 0 Å². The lowest BCUT2D eigenvalue weighted by Crippen LogP contribution is -2.53. The van der Waals surface area contributed by atoms with Crippen LogP contribution in [0.3, 0.4) is 0 Å². The van der Waals surface area contributed by atoms with Crippen molar-refractivity contribution < 1.29 is 24.2 Å². The number of carbonyl (C=O) groups is 2. The van der Waals surface area contributed by atoms with Crippen LogP contribution in [0.25, 0.3) is 0 Å². The Hall–Kier alpha value is -3.07. The van der Waals surface area contributed by atoms with Crippen molar-refractivity contribution in [1.29, 1.82) is 0 Å². The van der Waals surface area contributed by atoms with Crippen LogP contribution in [-0.2, 0) is 22.4 Å². The zero-order valence-electron chi connectivity index (χ0n) is 22.4. The van der Waals surface area contributed by atoms with Crippen molar-refractivity contribution in [2.75, 3.05) is 13.1 Å². The summed E-state index contributed by atoms with van der Waals surface area (Å²) in [6.45, 7) is 9.28. The number of hydrogen-bond donors (Lipinski definition) is 3. The molecule has 38 heavy (non-hydrogen) atoms. The van der Waals surface area contributed by atoms with Crippen molar-refractivity contribution in [3.8, 4) is 0 Å². The highest BCUT2D eigenvalue weighted by molar-refractivity contribution is 7.10. The first-order valence-electron chi connectivity index (χ1n) is 12.9. The van der Waals surface area contributed by atoms with E-state index in [0.717, 1.165) is 11.3 Å². The second-order valence-electron chi connectivity index (χ2n) is 9.06. The summed E-state index contributed by atoms with van der Waals surface area (Å²) in [5, 5.41) is 25.8. The fourth-order valence-corrected chi connectivity index (χ4v) is 5.16. The van der Waals surface area contributed by atoms with Gasteiger partial charge in [0.1, 0.15) is 5.83 Å². The van der Waals surface area contributed by atoms with E-state index >= 15 is 0 Å². The standard InChI is InChI=1S/C30H39FN2O4S/c1-5-11-24(17-21(4)31)26(7-3)33(16-6-2)30(37)28(35)27(34)29(36)32-15-14-25-19-23(20-38-25)18-22-12-9-8-10-13-22/h5,8-13,17,19-20,26-28,34-35H,4,6-7,14-16,18H2,1-3H3,(H,32,36)/b11-5-,24-17+. The molecule has 2 amide bonds. The number of benzene rings is 1. The third kappa shape index (κ3) is 9.35. The van der Waals surface area contributed by atoms with Gasteiger partial charge in [-0.2, -0.15) is 0 Å². The number of hydrogen-bond acceptors (Lipinski definition) is 5. The maximum Gasteiger partial charge on any atom is 0.255 e. The van der Waals surface area contributed by atoms with E-state index in [9.17, 15) is 24.2 Å². The molecule has 1 aromatic heterocycles. The summed E-state index contributed by atoms with van der Waals surface area (Å²) in [5.41, 5.74) is 2.92. The first-order chi connectivity index (χ1) is 18.2. The van der Waals surface area contributed by atoms with E-state index in [0.29, 0.717) is 24.8 Å². The second kappa shape index (κ2) is 16.0. The second-order valence-corrected chi connectivity index (χ2v) is 10.1. The molecule has 2 aromatic rings. The maximum atomic E-state index is 13.6. The van der Waals surface area contributed by atoms with Crippen LogP contribution < -0.4 is 5.32 Å². The van der Waals surface area contributed by atoms with Crippen LogP contribution >= 0.6 is 11.3 Å². The molecule has 0 saturated carbocycles. The van der Waals surface area contributed by atoms with Gasteiger partial charge in [0.25, 0.3) is 11.8 Å². The van der Waals surface area contributed by atoms with Gasteiger partial charge in [0.05, 0.1) is 6.04 Å². The fourth-order valence-electron chi connectivity index (χ4n) is 4.27. The Labute approximate surface area is 229 Å². The van der Waals surface area contributed by atoms with Crippen molar-refractivity contribution in [3.63, 3.8) is 0 Å². The average Bonchev–Trinajstić information content (AvgIpc) is 3.34. The van der Waals surface area contributed by atoms with Crippen LogP contribution in [0.4, 0.5) is 4.39 Å². The molecule has 0 saturated heterocycles. The number of nitrogens with one attached hydrogen (secondary N) is 1. The molecule has 0 aliphatic heterocycles. The van der Waals surface area contributed by atoms with Crippen LogP contribution in [0.15, 0.2) is 78.0 Å². The summed E-state index contributed by atoms with van der Waals surface area (Å²) >= 11 is 1.60. The number of rotatable bonds is 15. The molecule has 1 heterocycles. The molecule has 3 N–H and O–H groups in total. The van der Waals surface area contributed by atoms with Gasteiger partial charge in [-0.3, -0.25) is 9.59 Å². The predicted octanol–water partition coefficient (Wildman–Crippen LogP) is 4.72. The minimum Gasteiger partial charge on any atom is -0.380 e. The van der Waals surface area contributed by atoms with Crippen molar-refractivity contribution in [2.45, 2.75) is 64.7 Å². The first kappa shape index (κ1) is 31.1. The van der Waals surface area contributed by atoms with Crippen molar-refractivity contribution in [3.05, 3.63) is 94.0 Å². The summed E-state index contributed by atoms with van der Waals surface area (Å²) < 4.78 is 13.6. The third-order valence-electron chi connectivity index (χ3n) is 6.03. The molecule has 0 radical (unpaired) electrons. The Morgan fingerprint density at radius 1 is 1.16 bits per heavy atom. The minimum absolute atomic E-state index is 0.255. The van der Waals surface area contributed by atoms with Crippen LogP contribution in [0.1, 0.15) is 49.6 Å². The van der Waals surface area contributed by atoms with Crippen LogP contribution in [0.2, 0.25) is 0 Å². The molecule has 1 aromatic carbocycles. The number of aliphatic hydroxyl groups excluding tert-OH is 2. The SMILES string of the molecule is C=C(F)/C=C(\C=C/C)C(CC)N(CCC)C(=O)C(O)C(O)C(=O)NCCc1cc(Cc2ccccc2)cs1. The van der Waals surface area contributed by atoms with Crippen LogP contribution in [-0.4, -0.2) is 58.3 Å². The summed E-state index contributed by atoms with van der Waals surface area (Å²) in [7, 11) is 0. The molecule has 3 atom stereocenters. The molecule has 8 heteroatoms. The van der Waals surface area contributed by atoms with Gasteiger partial charge < -0.3 is 20.4 Å². The molecule has 0 aliphatic rings. The normalized spacial score (nSPS) is 14.2. The molecule has 0 fully saturated rings. The molecule has 3 unspecified atom stereocenters. The Bertz CT molecular complexity index is 1110. The number of allylic oxidation sites excluding steroid dienone is 3. The summed E-state index contributed by atoms with van der Waals surface area (Å²) in [5.74, 6) is -2.26. The van der Waals surface area contributed by atoms with Gasteiger partial charge in [0.2, 0.25) is 0 Å². The lowest BCUT2D eigenvalue weighted by molar-refractivity contribution is -0.154. The lowest BCUT2D eigenvalue weighted by Gasteiger charge is -2.34. The number of nitrogens with zero attached hydrogens (tertiary/aromatic N) is 1. The molecule has 0 bridgehead atoms. The zero-order valence-corrected chi connectivity index (χ0v) is 23.2. The van der Waals surface area contributed by atoms with E-state index in [2.05, 4.69) is 35.5 Å². The van der Waals surface area contributed by atoms with E-state index in [1.54, 1.807) is 30.4 Å². The molecule has 0 spiro atoms. The molecular weight excluding hydrogens is 503 g/mol. The van der Waals surface area contributed by atoms with Gasteiger partial charge in [0.15, 0.2) is 12.2 Å². The van der Waals surface area contributed by atoms with Gasteiger partial charge >= 0.3 is 0 Å². The van der Waals surface area contributed by atoms with E-state index in [1.807, 2.05) is 32.0 Å². The average molecular weight is 543 g/mol. The maximum absolute atomic E-state index is 13.6. The molecule has 0 aliphatic carbocycles. The quantitative estimate of drug-likeness (QED) is 0.284. The van der Waals surface area contributed by atoms with E-state index in [-0.39, 0.29) is 13.1 Å². The highest BCUT2D eigenvalue weighted by atomic mass is 32.1. The number of carbonyl (C=O) groups excluding carboxylic acids is 2. The third-order valence-corrected chi connectivity index (χ3v) is 7.07. The fraction of sp³-hybridized carbons (Fsp3) is 0.400. The smallest absolute Gasteiger partial charge is 0.255 e. The first-order valence-corrected chi connectivity index (χ1v) is 13.8. The summed E-state index contributed by atoms with van der Waals surface area (Å²) in [6, 6.07) is 11.7. The van der Waals surface area contributed by atoms with Gasteiger partial charge in [-0.25, -0.2) is 4.39 Å². The van der Waals surface area contributed by atoms with E-state index in [4.69, 9.17) is 0 Å². The minimum atomic E-state index is -1.95. The number of thiophene rings is 1. The highest BCUT2D eigenvalue weighted by Crippen LogP contribution is 2.21. The van der Waals surface area contributed by atoms with Gasteiger partial charge in [-0.05, 0) is 66.8 Å². The zero-order chi connectivity index (χ0) is 28.1.